The molecule has 1 amide bonds. The molecular weight excluding hydrogens is 154 g/mol. The molecule has 0 saturated heterocycles. The largest absolute Gasteiger partial charge is 0.352 e. The highest BCUT2D eigenvalue weighted by molar-refractivity contribution is 5.90. The predicted octanol–water partition coefficient (Wildman–Crippen LogP) is 0.453. The van der Waals surface area contributed by atoms with Crippen molar-refractivity contribution in [3.8, 4) is 0 Å². The molecule has 0 saturated carbocycles. The maximum absolute atomic E-state index is 11.0. The Kier molecular flexibility index (Phi) is 2.38. The van der Waals surface area contributed by atoms with Crippen LogP contribution in [0.1, 0.15) is 21.9 Å². The monoisotopic (exact) mass is 165 g/mol. The average molecular weight is 165 g/mol. The quantitative estimate of drug-likeness (QED) is 0.657. The molecule has 0 fully saturated rings. The van der Waals surface area contributed by atoms with Crippen molar-refractivity contribution in [1.29, 1.82) is 0 Å². The molecule has 4 nitrogen and oxygen atoms in total. The van der Waals surface area contributed by atoms with Crippen LogP contribution in [0.2, 0.25) is 0 Å². The fraction of sp³-hybridized carbons (Fsp3) is 0.375. The minimum Gasteiger partial charge on any atom is -0.352 e. The molecule has 0 aliphatic rings. The first kappa shape index (κ1) is 8.64. The maximum Gasteiger partial charge on any atom is 0.288 e. The molecule has 1 aromatic rings. The number of hydrogen-bond donors (Lipinski definition) is 1. The average Bonchev–Trinajstić information content (AvgIpc) is 2.08. The number of amides is 1. The van der Waals surface area contributed by atoms with Crippen LogP contribution >= 0.6 is 0 Å². The van der Waals surface area contributed by atoms with Gasteiger partial charge in [-0.05, 0) is 19.4 Å². The number of carbonyl (C=O) groups is 1. The Labute approximate surface area is 71.0 Å². The second-order valence-corrected chi connectivity index (χ2v) is 2.54. The molecule has 0 aromatic carbocycles. The van der Waals surface area contributed by atoms with Gasteiger partial charge in [-0.15, -0.1) is 0 Å². The maximum atomic E-state index is 11.0. The zero-order valence-corrected chi connectivity index (χ0v) is 7.38. The van der Waals surface area contributed by atoms with E-state index in [1.807, 2.05) is 13.8 Å². The van der Waals surface area contributed by atoms with E-state index in [0.29, 0.717) is 0 Å². The van der Waals surface area contributed by atoms with Crippen LogP contribution < -0.4 is 5.32 Å². The summed E-state index contributed by atoms with van der Waals surface area (Å²) in [5.74, 6) is -0.0290. The Morgan fingerprint density at radius 1 is 1.50 bits per heavy atom. The SMILES string of the molecule is CNC(=O)c1ncc(C)c(C)n1. The van der Waals surface area contributed by atoms with Crippen LogP contribution in [0.15, 0.2) is 6.20 Å². The van der Waals surface area contributed by atoms with Crippen molar-refractivity contribution in [3.63, 3.8) is 0 Å². The molecule has 64 valence electrons. The molecule has 0 bridgehead atoms. The first-order valence-corrected chi connectivity index (χ1v) is 3.67. The molecule has 0 radical (unpaired) electrons. The number of carbonyl (C=O) groups excluding carboxylic acids is 1. The van der Waals surface area contributed by atoms with Gasteiger partial charge in [0.1, 0.15) is 0 Å². The number of aromatic nitrogens is 2. The molecule has 0 aliphatic heterocycles. The first-order chi connectivity index (χ1) is 5.65. The molecule has 0 atom stereocenters. The van der Waals surface area contributed by atoms with Gasteiger partial charge in [0.15, 0.2) is 0 Å². The van der Waals surface area contributed by atoms with E-state index in [-0.39, 0.29) is 11.7 Å². The Hall–Kier alpha value is -1.45. The lowest BCUT2D eigenvalue weighted by atomic mass is 10.3. The lowest BCUT2D eigenvalue weighted by molar-refractivity contribution is 0.0952. The fourth-order valence-corrected chi connectivity index (χ4v) is 0.748. The number of hydrogen-bond acceptors (Lipinski definition) is 3. The van der Waals surface area contributed by atoms with Crippen molar-refractivity contribution in [2.45, 2.75) is 13.8 Å². The molecule has 0 spiro atoms. The van der Waals surface area contributed by atoms with Gasteiger partial charge in [0, 0.05) is 18.9 Å². The number of nitrogens with one attached hydrogen (secondary N) is 1. The summed E-state index contributed by atoms with van der Waals surface area (Å²) in [6.07, 6.45) is 1.65. The van der Waals surface area contributed by atoms with Gasteiger partial charge in [-0.2, -0.15) is 0 Å². The van der Waals surface area contributed by atoms with Crippen molar-refractivity contribution >= 4 is 5.91 Å². The molecule has 1 aromatic heterocycles. The summed E-state index contributed by atoms with van der Waals surface area (Å²) in [7, 11) is 1.56. The summed E-state index contributed by atoms with van der Waals surface area (Å²) in [6.45, 7) is 3.76. The molecule has 0 aliphatic carbocycles. The van der Waals surface area contributed by atoms with Crippen molar-refractivity contribution in [1.82, 2.24) is 15.3 Å². The van der Waals surface area contributed by atoms with Crippen LogP contribution in [0.5, 0.6) is 0 Å². The normalized spacial score (nSPS) is 9.58. The molecule has 1 N–H and O–H groups in total. The van der Waals surface area contributed by atoms with E-state index in [1.54, 1.807) is 13.2 Å². The number of aryl methyl sites for hydroxylation is 2. The van der Waals surface area contributed by atoms with Crippen LogP contribution in [0.25, 0.3) is 0 Å². The third-order valence-electron chi connectivity index (χ3n) is 1.65. The first-order valence-electron chi connectivity index (χ1n) is 3.67. The Morgan fingerprint density at radius 2 is 2.17 bits per heavy atom. The van der Waals surface area contributed by atoms with Crippen LogP contribution in [-0.2, 0) is 0 Å². The smallest absolute Gasteiger partial charge is 0.288 e. The molecule has 12 heavy (non-hydrogen) atoms. The van der Waals surface area contributed by atoms with E-state index >= 15 is 0 Å². The van der Waals surface area contributed by atoms with E-state index in [1.165, 1.54) is 0 Å². The summed E-state index contributed by atoms with van der Waals surface area (Å²) >= 11 is 0. The summed E-state index contributed by atoms with van der Waals surface area (Å²) < 4.78 is 0. The van der Waals surface area contributed by atoms with Crippen LogP contribution in [-0.4, -0.2) is 22.9 Å². The zero-order valence-electron chi connectivity index (χ0n) is 7.38. The van der Waals surface area contributed by atoms with E-state index in [2.05, 4.69) is 15.3 Å². The highest BCUT2D eigenvalue weighted by Gasteiger charge is 2.06. The summed E-state index contributed by atoms with van der Waals surface area (Å²) in [5, 5.41) is 2.46. The molecule has 4 heteroatoms. The second kappa shape index (κ2) is 3.30. The Morgan fingerprint density at radius 3 is 2.67 bits per heavy atom. The summed E-state index contributed by atoms with van der Waals surface area (Å²) in [5.41, 5.74) is 1.83. The number of nitrogens with zero attached hydrogens (tertiary/aromatic N) is 2. The van der Waals surface area contributed by atoms with Crippen LogP contribution in [0, 0.1) is 13.8 Å². The van der Waals surface area contributed by atoms with Gasteiger partial charge in [-0.3, -0.25) is 4.79 Å². The van der Waals surface area contributed by atoms with E-state index < -0.39 is 0 Å². The topological polar surface area (TPSA) is 54.9 Å². The minimum absolute atomic E-state index is 0.223. The van der Waals surface area contributed by atoms with Crippen LogP contribution in [0.3, 0.4) is 0 Å². The molecule has 0 unspecified atom stereocenters. The predicted molar refractivity (Wildman–Crippen MR) is 44.9 cm³/mol. The van der Waals surface area contributed by atoms with Crippen LogP contribution in [0.4, 0.5) is 0 Å². The van der Waals surface area contributed by atoms with Gasteiger partial charge in [0.2, 0.25) is 5.82 Å². The fourth-order valence-electron chi connectivity index (χ4n) is 0.748. The van der Waals surface area contributed by atoms with Crippen molar-refractivity contribution < 1.29 is 4.79 Å². The van der Waals surface area contributed by atoms with Gasteiger partial charge in [-0.25, -0.2) is 9.97 Å². The van der Waals surface area contributed by atoms with E-state index in [4.69, 9.17) is 0 Å². The summed E-state index contributed by atoms with van der Waals surface area (Å²) in [6, 6.07) is 0. The minimum atomic E-state index is -0.252. The van der Waals surface area contributed by atoms with Crippen molar-refractivity contribution in [2.24, 2.45) is 0 Å². The third kappa shape index (κ3) is 1.58. The highest BCUT2D eigenvalue weighted by Crippen LogP contribution is 2.00. The van der Waals surface area contributed by atoms with Gasteiger partial charge < -0.3 is 5.32 Å². The molecule has 1 heterocycles. The van der Waals surface area contributed by atoms with E-state index in [0.717, 1.165) is 11.3 Å². The lowest BCUT2D eigenvalue weighted by Gasteiger charge is -2.00. The lowest BCUT2D eigenvalue weighted by Crippen LogP contribution is -2.21. The highest BCUT2D eigenvalue weighted by atomic mass is 16.2. The van der Waals surface area contributed by atoms with Crippen molar-refractivity contribution in [2.75, 3.05) is 7.05 Å². The number of rotatable bonds is 1. The standard InChI is InChI=1S/C8H11N3O/c1-5-4-10-7(8(12)9-3)11-6(5)2/h4H,1-3H3,(H,9,12). The zero-order chi connectivity index (χ0) is 9.14. The molecule has 1 rings (SSSR count). The van der Waals surface area contributed by atoms with Gasteiger partial charge in [0.25, 0.3) is 5.91 Å². The van der Waals surface area contributed by atoms with Gasteiger partial charge in [-0.1, -0.05) is 0 Å². The second-order valence-electron chi connectivity index (χ2n) is 2.54. The van der Waals surface area contributed by atoms with Gasteiger partial charge in [0.05, 0.1) is 0 Å². The Balaban J connectivity index is 3.05. The van der Waals surface area contributed by atoms with Gasteiger partial charge >= 0.3 is 0 Å². The summed E-state index contributed by atoms with van der Waals surface area (Å²) in [4.78, 5) is 18.9. The Bertz CT molecular complexity index is 309. The van der Waals surface area contributed by atoms with Crippen molar-refractivity contribution in [3.05, 3.63) is 23.3 Å². The molecular formula is C8H11N3O. The van der Waals surface area contributed by atoms with E-state index in [9.17, 15) is 4.79 Å². The third-order valence-corrected chi connectivity index (χ3v) is 1.65.